The number of aliphatic hydroxyl groups is 2. The number of rotatable bonds is 7. The lowest BCUT2D eigenvalue weighted by atomic mass is 9.43. The molecule has 7 heteroatoms. The summed E-state index contributed by atoms with van der Waals surface area (Å²) >= 11 is 3.19. The molecule has 4 aliphatic rings. The number of aliphatic hydroxyl groups excluding tert-OH is 2. The van der Waals surface area contributed by atoms with Gasteiger partial charge in [-0.3, -0.25) is 9.59 Å². The number of terminal acetylenes is 1. The molecule has 0 unspecified atom stereocenters. The number of nitrogens with one attached hydrogen (secondary N) is 1. The molecule has 0 aromatic carbocycles. The zero-order valence-electron chi connectivity index (χ0n) is 22.0. The molecule has 4 fully saturated rings. The summed E-state index contributed by atoms with van der Waals surface area (Å²) in [6.45, 7) is 7.09. The second kappa shape index (κ2) is 10.9. The highest BCUT2D eigenvalue weighted by molar-refractivity contribution is 9.09. The average Bonchev–Trinajstić information content (AvgIpc) is 3.21. The molecule has 1 amide bonds. The molecule has 4 aliphatic carbocycles. The average molecular weight is 567 g/mol. The molecule has 0 radical (unpaired) electrons. The predicted octanol–water partition coefficient (Wildman–Crippen LogP) is 4.06. The van der Waals surface area contributed by atoms with Crippen LogP contribution in [0.3, 0.4) is 0 Å². The standard InChI is InChI=1S/C29H44BrNO5/c1-5-12-31-25(34)9-6-17(2)20-7-8-21-27-22(15-24(33)29(20,21)4)28(3)11-10-19(36-26(35)16-30)13-18(28)14-23(27)32/h1,17-24,27,32-33H,6-16H2,2-4H3,(H,31,34)/t17-,18+,19-,20-,21+,22+,23-,24+,27+,28+,29-/m1/s1. The van der Waals surface area contributed by atoms with Crippen LogP contribution in [0.5, 0.6) is 0 Å². The number of ether oxygens (including phenoxy) is 1. The van der Waals surface area contributed by atoms with Crippen LogP contribution >= 0.6 is 15.9 Å². The number of esters is 1. The van der Waals surface area contributed by atoms with Crippen molar-refractivity contribution in [3.63, 3.8) is 0 Å². The second-order valence-electron chi connectivity index (χ2n) is 12.6. The van der Waals surface area contributed by atoms with Gasteiger partial charge < -0.3 is 20.3 Å². The van der Waals surface area contributed by atoms with Crippen molar-refractivity contribution in [3.8, 4) is 12.3 Å². The minimum Gasteiger partial charge on any atom is -0.462 e. The van der Waals surface area contributed by atoms with Gasteiger partial charge in [0.1, 0.15) is 11.4 Å². The first-order chi connectivity index (χ1) is 17.1. The number of alkyl halides is 1. The van der Waals surface area contributed by atoms with Gasteiger partial charge in [0.05, 0.1) is 18.8 Å². The normalized spacial score (nSPS) is 44.4. The maximum Gasteiger partial charge on any atom is 0.316 e. The van der Waals surface area contributed by atoms with Gasteiger partial charge in [0.2, 0.25) is 5.91 Å². The first-order valence-corrected chi connectivity index (χ1v) is 15.0. The molecule has 3 N–H and O–H groups in total. The van der Waals surface area contributed by atoms with Gasteiger partial charge in [-0.15, -0.1) is 6.42 Å². The monoisotopic (exact) mass is 565 g/mol. The van der Waals surface area contributed by atoms with Crippen LogP contribution in [0.1, 0.15) is 78.6 Å². The van der Waals surface area contributed by atoms with E-state index in [9.17, 15) is 19.8 Å². The molecular weight excluding hydrogens is 522 g/mol. The molecule has 0 heterocycles. The van der Waals surface area contributed by atoms with Gasteiger partial charge in [0, 0.05) is 6.42 Å². The van der Waals surface area contributed by atoms with E-state index in [1.54, 1.807) is 0 Å². The summed E-state index contributed by atoms with van der Waals surface area (Å²) in [5, 5.41) is 26.2. The largest absolute Gasteiger partial charge is 0.462 e. The molecular formula is C29H44BrNO5. The summed E-state index contributed by atoms with van der Waals surface area (Å²) in [5.41, 5.74) is -0.203. The second-order valence-corrected chi connectivity index (χ2v) is 13.2. The molecule has 0 saturated heterocycles. The van der Waals surface area contributed by atoms with Gasteiger partial charge in [-0.05, 0) is 97.7 Å². The van der Waals surface area contributed by atoms with Crippen molar-refractivity contribution in [2.45, 2.75) is 96.9 Å². The van der Waals surface area contributed by atoms with Crippen LogP contribution in [-0.4, -0.2) is 52.3 Å². The summed E-state index contributed by atoms with van der Waals surface area (Å²) in [4.78, 5) is 24.0. The van der Waals surface area contributed by atoms with Crippen LogP contribution in [0.2, 0.25) is 0 Å². The summed E-state index contributed by atoms with van der Waals surface area (Å²) < 4.78 is 5.66. The number of hydrogen-bond acceptors (Lipinski definition) is 5. The maximum atomic E-state index is 12.1. The lowest BCUT2D eigenvalue weighted by molar-refractivity contribution is -0.209. The van der Waals surface area contributed by atoms with Crippen molar-refractivity contribution in [1.29, 1.82) is 0 Å². The van der Waals surface area contributed by atoms with Crippen molar-refractivity contribution in [2.75, 3.05) is 11.9 Å². The van der Waals surface area contributed by atoms with E-state index < -0.39 is 6.10 Å². The Kier molecular flexibility index (Phi) is 8.49. The predicted molar refractivity (Wildman–Crippen MR) is 142 cm³/mol. The lowest BCUT2D eigenvalue weighted by Crippen LogP contribution is -2.62. The molecule has 11 atom stereocenters. The van der Waals surface area contributed by atoms with E-state index in [-0.39, 0.29) is 64.5 Å². The first-order valence-electron chi connectivity index (χ1n) is 13.9. The van der Waals surface area contributed by atoms with Crippen LogP contribution in [-0.2, 0) is 14.3 Å². The number of halogens is 1. The Hall–Kier alpha value is -1.10. The van der Waals surface area contributed by atoms with Crippen LogP contribution in [0.25, 0.3) is 0 Å². The van der Waals surface area contributed by atoms with Gasteiger partial charge in [-0.1, -0.05) is 42.6 Å². The fraction of sp³-hybridized carbons (Fsp3) is 0.862. The SMILES string of the molecule is C#CCNC(=O)CC[C@@H](C)[C@H]1CC[C@H]2[C@@H]3[C@H](O)C[C@@H]4C[C@H](OC(=O)CBr)CC[C@]4(C)[C@H]3C[C@H](O)[C@]12C. The Labute approximate surface area is 224 Å². The fourth-order valence-electron chi connectivity index (χ4n) is 9.24. The number of carbonyl (C=O) groups is 2. The quantitative estimate of drug-likeness (QED) is 0.246. The molecule has 0 aliphatic heterocycles. The van der Waals surface area contributed by atoms with Crippen LogP contribution in [0.15, 0.2) is 0 Å². The van der Waals surface area contributed by atoms with Crippen molar-refractivity contribution in [3.05, 3.63) is 0 Å². The highest BCUT2D eigenvalue weighted by Crippen LogP contribution is 2.68. The maximum absolute atomic E-state index is 12.1. The van der Waals surface area contributed by atoms with E-state index in [0.29, 0.717) is 24.2 Å². The Bertz CT molecular complexity index is 874. The van der Waals surface area contributed by atoms with Crippen molar-refractivity contribution >= 4 is 27.8 Å². The van der Waals surface area contributed by atoms with Gasteiger partial charge >= 0.3 is 5.97 Å². The van der Waals surface area contributed by atoms with Crippen molar-refractivity contribution < 1.29 is 24.5 Å². The van der Waals surface area contributed by atoms with E-state index in [1.807, 2.05) is 0 Å². The van der Waals surface area contributed by atoms with Gasteiger partial charge in [-0.25, -0.2) is 0 Å². The van der Waals surface area contributed by atoms with Gasteiger partial charge in [0.15, 0.2) is 0 Å². The highest BCUT2D eigenvalue weighted by atomic mass is 79.9. The van der Waals surface area contributed by atoms with E-state index in [0.717, 1.165) is 51.4 Å². The molecule has 6 nitrogen and oxygen atoms in total. The van der Waals surface area contributed by atoms with E-state index in [1.165, 1.54) is 0 Å². The Morgan fingerprint density at radius 2 is 1.92 bits per heavy atom. The molecule has 0 spiro atoms. The fourth-order valence-corrected chi connectivity index (χ4v) is 9.37. The smallest absolute Gasteiger partial charge is 0.316 e. The third kappa shape index (κ3) is 4.87. The van der Waals surface area contributed by atoms with Crippen LogP contribution < -0.4 is 5.32 Å². The molecule has 0 aromatic rings. The van der Waals surface area contributed by atoms with E-state index >= 15 is 0 Å². The topological polar surface area (TPSA) is 95.9 Å². The lowest BCUT2D eigenvalue weighted by Gasteiger charge is -2.63. The van der Waals surface area contributed by atoms with Gasteiger partial charge in [-0.2, -0.15) is 0 Å². The number of hydrogen-bond donors (Lipinski definition) is 3. The minimum atomic E-state index is -0.416. The van der Waals surface area contributed by atoms with E-state index in [2.05, 4.69) is 47.9 Å². The molecule has 0 aromatic heterocycles. The van der Waals surface area contributed by atoms with Gasteiger partial charge in [0.25, 0.3) is 0 Å². The molecule has 0 bridgehead atoms. The summed E-state index contributed by atoms with van der Waals surface area (Å²) in [5.74, 6) is 3.90. The number of carbonyl (C=O) groups excluding carboxylic acids is 2. The molecule has 36 heavy (non-hydrogen) atoms. The zero-order valence-corrected chi connectivity index (χ0v) is 23.6. The van der Waals surface area contributed by atoms with Crippen molar-refractivity contribution in [1.82, 2.24) is 5.32 Å². The molecule has 202 valence electrons. The van der Waals surface area contributed by atoms with E-state index in [4.69, 9.17) is 11.2 Å². The van der Waals surface area contributed by atoms with Crippen LogP contribution in [0, 0.1) is 58.7 Å². The first kappa shape index (κ1) is 27.9. The Morgan fingerprint density at radius 1 is 1.17 bits per heavy atom. The summed E-state index contributed by atoms with van der Waals surface area (Å²) in [6, 6.07) is 0. The number of amides is 1. The molecule has 4 saturated carbocycles. The third-order valence-electron chi connectivity index (χ3n) is 11.1. The minimum absolute atomic E-state index is 0.0113. The number of fused-ring (bicyclic) bond motifs is 5. The zero-order chi connectivity index (χ0) is 26.3. The third-order valence-corrected chi connectivity index (χ3v) is 11.6. The molecule has 4 rings (SSSR count). The van der Waals surface area contributed by atoms with Crippen molar-refractivity contribution in [2.24, 2.45) is 46.3 Å². The van der Waals surface area contributed by atoms with Crippen LogP contribution in [0.4, 0.5) is 0 Å². The summed E-state index contributed by atoms with van der Waals surface area (Å²) in [7, 11) is 0. The highest BCUT2D eigenvalue weighted by Gasteiger charge is 2.65. The summed E-state index contributed by atoms with van der Waals surface area (Å²) in [6.07, 6.45) is 11.7. The Morgan fingerprint density at radius 3 is 2.61 bits per heavy atom. The Balaban J connectivity index is 1.48.